The monoisotopic (exact) mass is 343 g/mol. The van der Waals surface area contributed by atoms with E-state index in [4.69, 9.17) is 9.26 Å². The molecular weight excluding hydrogens is 318 g/mol. The van der Waals surface area contributed by atoms with E-state index in [1.54, 1.807) is 0 Å². The summed E-state index contributed by atoms with van der Waals surface area (Å²) in [5.74, 6) is 1.17. The van der Waals surface area contributed by atoms with Crippen molar-refractivity contribution >= 4 is 5.91 Å². The van der Waals surface area contributed by atoms with Crippen molar-refractivity contribution in [3.8, 4) is 11.4 Å². The second-order valence-corrected chi connectivity index (χ2v) is 6.60. The van der Waals surface area contributed by atoms with E-state index in [-0.39, 0.29) is 18.1 Å². The number of ether oxygens (including phenoxy) is 1. The maximum atomic E-state index is 12.5. The van der Waals surface area contributed by atoms with Gasteiger partial charge in [-0.3, -0.25) is 4.79 Å². The van der Waals surface area contributed by atoms with Crippen LogP contribution in [-0.2, 0) is 22.4 Å². The Morgan fingerprint density at radius 2 is 2.04 bits per heavy atom. The van der Waals surface area contributed by atoms with Gasteiger partial charge in [0.05, 0.1) is 18.8 Å². The van der Waals surface area contributed by atoms with Gasteiger partial charge in [0.15, 0.2) is 0 Å². The van der Waals surface area contributed by atoms with Gasteiger partial charge in [-0.1, -0.05) is 36.3 Å². The third kappa shape index (κ3) is 4.25. The molecule has 6 nitrogen and oxygen atoms in total. The van der Waals surface area contributed by atoms with Crippen LogP contribution in [0.15, 0.2) is 28.8 Å². The summed E-state index contributed by atoms with van der Waals surface area (Å²) < 4.78 is 10.9. The number of nitrogens with zero attached hydrogens (tertiary/aromatic N) is 3. The van der Waals surface area contributed by atoms with Gasteiger partial charge in [-0.15, -0.1) is 0 Å². The molecule has 6 heteroatoms. The minimum Gasteiger partial charge on any atom is -0.375 e. The molecular formula is C19H25N3O3. The zero-order valence-electron chi connectivity index (χ0n) is 15.1. The van der Waals surface area contributed by atoms with E-state index < -0.39 is 0 Å². The Labute approximate surface area is 148 Å². The van der Waals surface area contributed by atoms with Gasteiger partial charge in [-0.25, -0.2) is 0 Å². The summed E-state index contributed by atoms with van der Waals surface area (Å²) in [6, 6.07) is 8.23. The molecule has 1 aromatic carbocycles. The summed E-state index contributed by atoms with van der Waals surface area (Å²) in [5.41, 5.74) is 2.20. The van der Waals surface area contributed by atoms with Crippen molar-refractivity contribution in [1.29, 1.82) is 0 Å². The van der Waals surface area contributed by atoms with Gasteiger partial charge in [0.25, 0.3) is 0 Å². The number of hydrogen-bond acceptors (Lipinski definition) is 5. The molecule has 2 heterocycles. The molecule has 0 spiro atoms. The number of aryl methyl sites for hydroxylation is 2. The average molecular weight is 343 g/mol. The van der Waals surface area contributed by atoms with Crippen LogP contribution >= 0.6 is 0 Å². The molecule has 25 heavy (non-hydrogen) atoms. The fourth-order valence-corrected chi connectivity index (χ4v) is 2.97. The maximum absolute atomic E-state index is 12.5. The molecule has 0 saturated carbocycles. The molecule has 2 unspecified atom stereocenters. The zero-order chi connectivity index (χ0) is 17.8. The normalized spacial score (nSPS) is 20.7. The first-order chi connectivity index (χ1) is 12.1. The Hall–Kier alpha value is -2.21. The average Bonchev–Trinajstić information content (AvgIpc) is 3.11. The van der Waals surface area contributed by atoms with E-state index in [9.17, 15) is 4.79 Å². The minimum atomic E-state index is 0.0845. The number of carbonyl (C=O) groups is 1. The zero-order valence-corrected chi connectivity index (χ0v) is 15.1. The van der Waals surface area contributed by atoms with Crippen LogP contribution in [0.2, 0.25) is 0 Å². The molecule has 1 saturated heterocycles. The molecule has 0 bridgehead atoms. The second kappa shape index (κ2) is 7.78. The van der Waals surface area contributed by atoms with Crippen LogP contribution < -0.4 is 0 Å². The summed E-state index contributed by atoms with van der Waals surface area (Å²) in [5, 5.41) is 4.03. The number of rotatable bonds is 5. The van der Waals surface area contributed by atoms with Crippen molar-refractivity contribution in [3.05, 3.63) is 35.7 Å². The molecule has 1 aliphatic heterocycles. The number of carbonyl (C=O) groups excluding carboxylic acids is 1. The van der Waals surface area contributed by atoms with Crippen LogP contribution in [0.1, 0.15) is 38.6 Å². The molecule has 2 atom stereocenters. The topological polar surface area (TPSA) is 68.5 Å². The van der Waals surface area contributed by atoms with Crippen molar-refractivity contribution < 1.29 is 14.1 Å². The summed E-state index contributed by atoms with van der Waals surface area (Å²) in [6.45, 7) is 7.34. The van der Waals surface area contributed by atoms with E-state index in [2.05, 4.69) is 29.2 Å². The molecule has 1 amide bonds. The number of hydrogen-bond donors (Lipinski definition) is 0. The van der Waals surface area contributed by atoms with E-state index in [1.807, 2.05) is 30.9 Å². The quantitative estimate of drug-likeness (QED) is 0.835. The van der Waals surface area contributed by atoms with Gasteiger partial charge < -0.3 is 14.2 Å². The van der Waals surface area contributed by atoms with Crippen LogP contribution in [-0.4, -0.2) is 46.2 Å². The lowest BCUT2D eigenvalue weighted by Crippen LogP contribution is -2.50. The largest absolute Gasteiger partial charge is 0.375 e. The predicted octanol–water partition coefficient (Wildman–Crippen LogP) is 2.87. The van der Waals surface area contributed by atoms with Gasteiger partial charge in [-0.2, -0.15) is 4.98 Å². The summed E-state index contributed by atoms with van der Waals surface area (Å²) in [6.07, 6.45) is 1.91. The van der Waals surface area contributed by atoms with E-state index >= 15 is 0 Å². The Morgan fingerprint density at radius 3 is 2.76 bits per heavy atom. The fraction of sp³-hybridized carbons (Fsp3) is 0.526. The SMILES string of the molecule is CCc1ccc(-c2noc(CCC(=O)N3CC(C)OCC3C)n2)cc1. The lowest BCUT2D eigenvalue weighted by atomic mass is 10.1. The van der Waals surface area contributed by atoms with Gasteiger partial charge in [0.1, 0.15) is 0 Å². The van der Waals surface area contributed by atoms with Gasteiger partial charge in [-0.05, 0) is 25.8 Å². The maximum Gasteiger partial charge on any atom is 0.227 e. The van der Waals surface area contributed by atoms with E-state index in [0.717, 1.165) is 12.0 Å². The highest BCUT2D eigenvalue weighted by Crippen LogP contribution is 2.18. The highest BCUT2D eigenvalue weighted by molar-refractivity contribution is 5.76. The summed E-state index contributed by atoms with van der Waals surface area (Å²) in [7, 11) is 0. The Kier molecular flexibility index (Phi) is 5.48. The first-order valence-electron chi connectivity index (χ1n) is 8.89. The van der Waals surface area contributed by atoms with Crippen LogP contribution in [0.4, 0.5) is 0 Å². The number of amides is 1. The molecule has 0 radical (unpaired) electrons. The fourth-order valence-electron chi connectivity index (χ4n) is 2.97. The molecule has 0 aliphatic carbocycles. The molecule has 1 fully saturated rings. The summed E-state index contributed by atoms with van der Waals surface area (Å²) >= 11 is 0. The number of morpholine rings is 1. The van der Waals surface area contributed by atoms with Crippen LogP contribution in [0.25, 0.3) is 11.4 Å². The second-order valence-electron chi connectivity index (χ2n) is 6.60. The highest BCUT2D eigenvalue weighted by atomic mass is 16.5. The van der Waals surface area contributed by atoms with Crippen LogP contribution in [0.3, 0.4) is 0 Å². The third-order valence-corrected chi connectivity index (χ3v) is 4.57. The van der Waals surface area contributed by atoms with Crippen molar-refractivity contribution in [3.63, 3.8) is 0 Å². The van der Waals surface area contributed by atoms with E-state index in [0.29, 0.717) is 37.7 Å². The van der Waals surface area contributed by atoms with Crippen LogP contribution in [0.5, 0.6) is 0 Å². The molecule has 1 aromatic heterocycles. The highest BCUT2D eigenvalue weighted by Gasteiger charge is 2.27. The minimum absolute atomic E-state index is 0.0845. The lowest BCUT2D eigenvalue weighted by Gasteiger charge is -2.36. The first-order valence-corrected chi connectivity index (χ1v) is 8.89. The van der Waals surface area contributed by atoms with Gasteiger partial charge in [0.2, 0.25) is 17.6 Å². The number of benzene rings is 1. The predicted molar refractivity (Wildman–Crippen MR) is 94.0 cm³/mol. The van der Waals surface area contributed by atoms with Gasteiger partial charge in [0, 0.05) is 24.9 Å². The first kappa shape index (κ1) is 17.6. The molecule has 0 N–H and O–H groups in total. The Bertz CT molecular complexity index is 711. The standard InChI is InChI=1S/C19H25N3O3/c1-4-15-5-7-16(8-6-15)19-20-17(25-21-19)9-10-18(23)22-11-14(3)24-12-13(22)2/h5-8,13-14H,4,9-12H2,1-3H3. The molecule has 134 valence electrons. The van der Waals surface area contributed by atoms with Crippen molar-refractivity contribution in [1.82, 2.24) is 15.0 Å². The van der Waals surface area contributed by atoms with Crippen LogP contribution in [0, 0.1) is 0 Å². The smallest absolute Gasteiger partial charge is 0.227 e. The summed E-state index contributed by atoms with van der Waals surface area (Å²) in [4.78, 5) is 18.8. The van der Waals surface area contributed by atoms with E-state index in [1.165, 1.54) is 5.56 Å². The van der Waals surface area contributed by atoms with Crippen molar-refractivity contribution in [2.24, 2.45) is 0 Å². The third-order valence-electron chi connectivity index (χ3n) is 4.57. The molecule has 3 rings (SSSR count). The number of aromatic nitrogens is 2. The van der Waals surface area contributed by atoms with Crippen molar-refractivity contribution in [2.45, 2.75) is 52.2 Å². The Balaban J connectivity index is 1.58. The molecule has 1 aliphatic rings. The van der Waals surface area contributed by atoms with Crippen molar-refractivity contribution in [2.75, 3.05) is 13.2 Å². The van der Waals surface area contributed by atoms with Gasteiger partial charge >= 0.3 is 0 Å². The Morgan fingerprint density at radius 1 is 1.28 bits per heavy atom. The lowest BCUT2D eigenvalue weighted by molar-refractivity contribution is -0.143. The molecule has 2 aromatic rings.